The van der Waals surface area contributed by atoms with Crippen LogP contribution in [0, 0.1) is 17.6 Å². The number of methoxy groups -OCH3 is 2. The Kier molecular flexibility index (Phi) is 11.0. The molecule has 2 aliphatic heterocycles. The molecule has 6 rings (SSSR count). The third kappa shape index (κ3) is 7.57. The number of nitrogens with zero attached hydrogens (tertiary/aromatic N) is 4. The number of ether oxygens (including phenoxy) is 2. The summed E-state index contributed by atoms with van der Waals surface area (Å²) in [7, 11) is 2.83. The highest BCUT2D eigenvalue weighted by Gasteiger charge is 2.38. The molecule has 0 unspecified atom stereocenters. The minimum absolute atomic E-state index is 0.00450. The molecule has 14 heteroatoms. The fraction of sp³-hybridized carbons (Fsp3) is 0.447. The molecule has 0 aliphatic carbocycles. The van der Waals surface area contributed by atoms with Crippen molar-refractivity contribution in [1.29, 1.82) is 0 Å². The largest absolute Gasteiger partial charge is 0.453 e. The van der Waals surface area contributed by atoms with Gasteiger partial charge >= 0.3 is 6.09 Å². The number of hydrogen-bond acceptors (Lipinski definition) is 7. The maximum Gasteiger partial charge on any atom is 0.407 e. The van der Waals surface area contributed by atoms with E-state index in [2.05, 4.69) is 25.3 Å². The molecular weight excluding hydrogens is 672 g/mol. The van der Waals surface area contributed by atoms with E-state index in [9.17, 15) is 14.4 Å². The Labute approximate surface area is 301 Å². The van der Waals surface area contributed by atoms with Crippen LogP contribution in [-0.4, -0.2) is 87.1 Å². The molecule has 12 nitrogen and oxygen atoms in total. The number of aromatic amines is 2. The summed E-state index contributed by atoms with van der Waals surface area (Å²) in [4.78, 5) is 57.2. The fourth-order valence-corrected chi connectivity index (χ4v) is 7.10. The van der Waals surface area contributed by atoms with Crippen molar-refractivity contribution < 1.29 is 32.6 Å². The maximum absolute atomic E-state index is 15.6. The van der Waals surface area contributed by atoms with E-state index in [0.717, 1.165) is 19.3 Å². The minimum atomic E-state index is -0.765. The van der Waals surface area contributed by atoms with E-state index in [0.29, 0.717) is 59.2 Å². The van der Waals surface area contributed by atoms with Crippen molar-refractivity contribution in [1.82, 2.24) is 35.1 Å². The van der Waals surface area contributed by atoms with Gasteiger partial charge in [-0.1, -0.05) is 26.0 Å². The summed E-state index contributed by atoms with van der Waals surface area (Å²) in [5.74, 6) is -0.294. The summed E-state index contributed by atoms with van der Waals surface area (Å²) in [5, 5.41) is 2.63. The maximum atomic E-state index is 15.6. The molecule has 2 saturated heterocycles. The van der Waals surface area contributed by atoms with Crippen molar-refractivity contribution in [2.75, 3.05) is 27.3 Å². The predicted molar refractivity (Wildman–Crippen MR) is 190 cm³/mol. The van der Waals surface area contributed by atoms with E-state index in [-0.39, 0.29) is 47.9 Å². The van der Waals surface area contributed by atoms with Gasteiger partial charge in [-0.2, -0.15) is 0 Å². The predicted octanol–water partition coefficient (Wildman–Crippen LogP) is 6.54. The van der Waals surface area contributed by atoms with Crippen molar-refractivity contribution in [2.24, 2.45) is 5.92 Å². The van der Waals surface area contributed by atoms with E-state index < -0.39 is 23.8 Å². The summed E-state index contributed by atoms with van der Waals surface area (Å²) >= 11 is 0. The minimum Gasteiger partial charge on any atom is -0.453 e. The van der Waals surface area contributed by atoms with Crippen LogP contribution in [-0.2, 0) is 19.1 Å². The van der Waals surface area contributed by atoms with Gasteiger partial charge in [-0.25, -0.2) is 23.5 Å². The summed E-state index contributed by atoms with van der Waals surface area (Å²) in [5.41, 5.74) is 2.52. The highest BCUT2D eigenvalue weighted by atomic mass is 19.1. The first-order valence-electron chi connectivity index (χ1n) is 17.7. The lowest BCUT2D eigenvalue weighted by Crippen LogP contribution is -2.51. The van der Waals surface area contributed by atoms with E-state index >= 15 is 8.78 Å². The van der Waals surface area contributed by atoms with Gasteiger partial charge in [0.15, 0.2) is 0 Å². The van der Waals surface area contributed by atoms with Crippen LogP contribution in [0.25, 0.3) is 33.6 Å². The van der Waals surface area contributed by atoms with Gasteiger partial charge in [-0.3, -0.25) is 9.59 Å². The molecule has 0 bridgehead atoms. The number of nitrogens with one attached hydrogen (secondary N) is 3. The molecule has 4 aromatic rings. The van der Waals surface area contributed by atoms with Crippen molar-refractivity contribution in [3.05, 3.63) is 72.1 Å². The molecule has 2 aliphatic rings. The average molecular weight is 718 g/mol. The number of imidazole rings is 2. The van der Waals surface area contributed by atoms with Crippen molar-refractivity contribution >= 4 is 17.9 Å². The Morgan fingerprint density at radius 1 is 0.846 bits per heavy atom. The summed E-state index contributed by atoms with van der Waals surface area (Å²) in [6.07, 6.45) is 5.55. The highest BCUT2D eigenvalue weighted by molar-refractivity contribution is 5.86. The first-order chi connectivity index (χ1) is 25.0. The number of alkyl carbamates (subject to hydrolysis) is 1. The Morgan fingerprint density at radius 2 is 1.37 bits per heavy atom. The van der Waals surface area contributed by atoms with Crippen LogP contribution in [0.15, 0.2) is 48.8 Å². The van der Waals surface area contributed by atoms with Crippen LogP contribution in [0.3, 0.4) is 0 Å². The molecule has 3 amide bonds. The average Bonchev–Trinajstić information content (AvgIpc) is 3.96. The second-order valence-corrected chi connectivity index (χ2v) is 13.8. The molecule has 52 heavy (non-hydrogen) atoms. The smallest absolute Gasteiger partial charge is 0.407 e. The number of likely N-dealkylation sites (tertiary alicyclic amines) is 2. The van der Waals surface area contributed by atoms with Crippen molar-refractivity contribution in [3.8, 4) is 33.6 Å². The number of amides is 3. The molecule has 2 aromatic heterocycles. The van der Waals surface area contributed by atoms with E-state index in [1.54, 1.807) is 47.4 Å². The molecule has 4 atom stereocenters. The van der Waals surface area contributed by atoms with Gasteiger partial charge in [0.25, 0.3) is 0 Å². The van der Waals surface area contributed by atoms with Crippen LogP contribution >= 0.6 is 0 Å². The zero-order valence-electron chi connectivity index (χ0n) is 30.0. The number of hydrogen-bond donors (Lipinski definition) is 3. The third-order valence-corrected chi connectivity index (χ3v) is 10.0. The number of halogens is 2. The van der Waals surface area contributed by atoms with Crippen molar-refractivity contribution in [3.63, 3.8) is 0 Å². The number of carbonyl (C=O) groups excluding carboxylic acids is 3. The quantitative estimate of drug-likeness (QED) is 0.160. The SMILES string of the molecule is COC(=O)N[C@H](C(=O)N1CCC[C@H]1c1ncc(-c2ccc(-c3ccc(-c4cnc([C@@H]5CCCN5C(=O)C[C@H](C)OC)[nH]4)c(F)c3)cc2F)[nH]1)C(C)C. The molecule has 4 heterocycles. The lowest BCUT2D eigenvalue weighted by atomic mass is 10.00. The van der Waals surface area contributed by atoms with Gasteiger partial charge in [0.05, 0.1) is 55.5 Å². The fourth-order valence-electron chi connectivity index (χ4n) is 7.10. The Bertz CT molecular complexity index is 1930. The molecular formula is C38H45F2N7O5. The van der Waals surface area contributed by atoms with Crippen LogP contribution in [0.5, 0.6) is 0 Å². The lowest BCUT2D eigenvalue weighted by molar-refractivity contribution is -0.136. The number of H-pyrrole nitrogens is 2. The van der Waals surface area contributed by atoms with Crippen LogP contribution in [0.4, 0.5) is 13.6 Å². The van der Waals surface area contributed by atoms with Crippen LogP contribution in [0.2, 0.25) is 0 Å². The first kappa shape index (κ1) is 36.7. The Morgan fingerprint density at radius 3 is 1.85 bits per heavy atom. The van der Waals surface area contributed by atoms with E-state index in [4.69, 9.17) is 9.47 Å². The van der Waals surface area contributed by atoms with Crippen molar-refractivity contribution in [2.45, 2.75) is 77.1 Å². The number of benzene rings is 2. The van der Waals surface area contributed by atoms with Gasteiger partial charge < -0.3 is 34.6 Å². The number of aromatic nitrogens is 4. The molecule has 2 aromatic carbocycles. The van der Waals surface area contributed by atoms with Gasteiger partial charge in [-0.05, 0) is 73.9 Å². The third-order valence-electron chi connectivity index (χ3n) is 10.0. The highest BCUT2D eigenvalue weighted by Crippen LogP contribution is 2.36. The zero-order valence-corrected chi connectivity index (χ0v) is 30.0. The number of carbonyl (C=O) groups is 3. The lowest BCUT2D eigenvalue weighted by Gasteiger charge is -2.30. The summed E-state index contributed by atoms with van der Waals surface area (Å²) in [6, 6.07) is 8.06. The molecule has 3 N–H and O–H groups in total. The zero-order chi connectivity index (χ0) is 37.1. The molecule has 0 saturated carbocycles. The van der Waals surface area contributed by atoms with Crippen LogP contribution < -0.4 is 5.32 Å². The first-order valence-corrected chi connectivity index (χ1v) is 17.7. The summed E-state index contributed by atoms with van der Waals surface area (Å²) in [6.45, 7) is 6.68. The standard InChI is InChI=1S/C38H45F2N7O5/c1-21(2)34(45-38(50)52-5)37(49)47-15-7-9-32(47)36-42-20-30(44-36)26-13-11-24(18-28(26)40)23-10-12-25(27(39)17-23)29-19-41-35(43-29)31-8-6-14-46(31)33(48)16-22(3)51-4/h10-13,17-22,31-32,34H,6-9,14-16H2,1-5H3,(H,41,43)(H,42,44)(H,45,50)/t22-,31-,32-,34-/m0/s1. The Balaban J connectivity index is 1.16. The van der Waals surface area contributed by atoms with Gasteiger partial charge in [0.2, 0.25) is 11.8 Å². The van der Waals surface area contributed by atoms with Crippen LogP contribution in [0.1, 0.15) is 76.6 Å². The second-order valence-electron chi connectivity index (χ2n) is 13.8. The van der Waals surface area contributed by atoms with Gasteiger partial charge in [-0.15, -0.1) is 0 Å². The molecule has 276 valence electrons. The second kappa shape index (κ2) is 15.6. The normalized spacial score (nSPS) is 18.5. The summed E-state index contributed by atoms with van der Waals surface area (Å²) < 4.78 is 41.2. The molecule has 0 radical (unpaired) electrons. The molecule has 2 fully saturated rings. The molecule has 0 spiro atoms. The topological polar surface area (TPSA) is 146 Å². The number of rotatable bonds is 11. The van der Waals surface area contributed by atoms with Gasteiger partial charge in [0, 0.05) is 31.3 Å². The van der Waals surface area contributed by atoms with E-state index in [1.807, 2.05) is 20.8 Å². The Hall–Kier alpha value is -5.11. The van der Waals surface area contributed by atoms with Gasteiger partial charge in [0.1, 0.15) is 29.3 Å². The monoisotopic (exact) mass is 717 g/mol. The van der Waals surface area contributed by atoms with E-state index in [1.165, 1.54) is 25.4 Å².